The summed E-state index contributed by atoms with van der Waals surface area (Å²) < 4.78 is 0. The van der Waals surface area contributed by atoms with Crippen LogP contribution in [-0.4, -0.2) is 10.9 Å². The molecule has 1 N–H and O–H groups in total. The van der Waals surface area contributed by atoms with Gasteiger partial charge in [0.25, 0.3) is 0 Å². The van der Waals surface area contributed by atoms with Gasteiger partial charge in [-0.3, -0.25) is 0 Å². The average molecular weight is 187 g/mol. The minimum absolute atomic E-state index is 0.500. The molecule has 0 heterocycles. The minimum Gasteiger partial charge on any atom is -0.411 e. The maximum absolute atomic E-state index is 8.88. The van der Waals surface area contributed by atoms with Crippen LogP contribution in [0.25, 0.3) is 0 Å². The van der Waals surface area contributed by atoms with E-state index in [0.717, 1.165) is 18.6 Å². The van der Waals surface area contributed by atoms with Gasteiger partial charge in [0.15, 0.2) is 0 Å². The van der Waals surface area contributed by atoms with Crippen LogP contribution in [0.3, 0.4) is 0 Å². The Kier molecular flexibility index (Phi) is 1.63. The van der Waals surface area contributed by atoms with E-state index < -0.39 is 0 Å². The molecule has 0 saturated heterocycles. The molecule has 2 nitrogen and oxygen atoms in total. The van der Waals surface area contributed by atoms with Crippen molar-refractivity contribution in [1.82, 2.24) is 0 Å². The molecule has 0 aromatic heterocycles. The van der Waals surface area contributed by atoms with Crippen molar-refractivity contribution in [3.63, 3.8) is 0 Å². The Morgan fingerprint density at radius 1 is 1.14 bits per heavy atom. The van der Waals surface area contributed by atoms with Crippen molar-refractivity contribution in [1.29, 1.82) is 0 Å². The molecule has 2 atom stereocenters. The van der Waals surface area contributed by atoms with Crippen LogP contribution in [0.15, 0.2) is 29.4 Å². The van der Waals surface area contributed by atoms with Crippen LogP contribution in [0.4, 0.5) is 0 Å². The minimum atomic E-state index is 0.500. The molecule has 1 saturated carbocycles. The van der Waals surface area contributed by atoms with Gasteiger partial charge in [-0.05, 0) is 36.3 Å². The Bertz CT molecular complexity index is 397. The van der Waals surface area contributed by atoms with Crippen molar-refractivity contribution in [2.75, 3.05) is 0 Å². The molecule has 2 aliphatic rings. The van der Waals surface area contributed by atoms with Gasteiger partial charge >= 0.3 is 0 Å². The number of benzene rings is 1. The number of nitrogens with zero attached hydrogens (tertiary/aromatic N) is 1. The smallest absolute Gasteiger partial charge is 0.0611 e. The number of rotatable bonds is 0. The maximum atomic E-state index is 8.88. The number of fused-ring (bicyclic) bond motifs is 4. The van der Waals surface area contributed by atoms with E-state index >= 15 is 0 Å². The fraction of sp³-hybridized carbons (Fsp3) is 0.417. The van der Waals surface area contributed by atoms with E-state index in [9.17, 15) is 0 Å². The lowest BCUT2D eigenvalue weighted by Crippen LogP contribution is -2.13. The first-order valence-electron chi connectivity index (χ1n) is 5.17. The molecular formula is C12H13NO. The highest BCUT2D eigenvalue weighted by atomic mass is 16.4. The largest absolute Gasteiger partial charge is 0.411 e. The molecule has 2 bridgehead atoms. The molecule has 3 rings (SSSR count). The van der Waals surface area contributed by atoms with E-state index in [1.54, 1.807) is 0 Å². The first kappa shape index (κ1) is 8.04. The second-order valence-corrected chi connectivity index (χ2v) is 4.33. The van der Waals surface area contributed by atoms with Crippen LogP contribution >= 0.6 is 0 Å². The standard InChI is InChI=1S/C12H13NO/c14-13-12-7-9-6-10(12)5-8-3-1-2-4-11(8)9/h1-4,9-10,14H,5-7H2/b13-12-. The molecule has 2 unspecified atom stereocenters. The molecule has 2 heteroatoms. The highest BCUT2D eigenvalue weighted by Crippen LogP contribution is 2.44. The van der Waals surface area contributed by atoms with Gasteiger partial charge in [-0.15, -0.1) is 0 Å². The number of hydrogen-bond donors (Lipinski definition) is 1. The molecule has 1 aromatic carbocycles. The lowest BCUT2D eigenvalue weighted by molar-refractivity contribution is 0.315. The fourth-order valence-corrected chi connectivity index (χ4v) is 2.93. The molecule has 14 heavy (non-hydrogen) atoms. The van der Waals surface area contributed by atoms with E-state index in [1.165, 1.54) is 17.5 Å². The van der Waals surface area contributed by atoms with Crippen molar-refractivity contribution in [3.05, 3.63) is 35.4 Å². The SMILES string of the molecule is O/N=C1/CC2CC1Cc1ccccc12. The summed E-state index contributed by atoms with van der Waals surface area (Å²) in [6, 6.07) is 8.62. The lowest BCUT2D eigenvalue weighted by Gasteiger charge is -2.21. The summed E-state index contributed by atoms with van der Waals surface area (Å²) in [7, 11) is 0. The van der Waals surface area contributed by atoms with Crippen LogP contribution in [0.1, 0.15) is 29.9 Å². The maximum Gasteiger partial charge on any atom is 0.0611 e. The highest BCUT2D eigenvalue weighted by Gasteiger charge is 2.37. The molecule has 72 valence electrons. The second-order valence-electron chi connectivity index (χ2n) is 4.33. The summed E-state index contributed by atoms with van der Waals surface area (Å²) in [5.41, 5.74) is 3.93. The zero-order chi connectivity index (χ0) is 9.54. The second kappa shape index (κ2) is 2.84. The van der Waals surface area contributed by atoms with Crippen LogP contribution in [0.2, 0.25) is 0 Å². The molecule has 0 aliphatic heterocycles. The third-order valence-electron chi connectivity index (χ3n) is 3.59. The summed E-state index contributed by atoms with van der Waals surface area (Å²) in [4.78, 5) is 0. The van der Waals surface area contributed by atoms with Crippen LogP contribution in [0.5, 0.6) is 0 Å². The Balaban J connectivity index is 2.07. The molecular weight excluding hydrogens is 174 g/mol. The van der Waals surface area contributed by atoms with Gasteiger partial charge in [0.05, 0.1) is 5.71 Å². The van der Waals surface area contributed by atoms with Gasteiger partial charge in [0.1, 0.15) is 0 Å². The van der Waals surface area contributed by atoms with E-state index in [-0.39, 0.29) is 0 Å². The Morgan fingerprint density at radius 3 is 2.86 bits per heavy atom. The average Bonchev–Trinajstić information content (AvgIpc) is 2.57. The normalized spacial score (nSPS) is 31.9. The Labute approximate surface area is 83.3 Å². The third-order valence-corrected chi connectivity index (χ3v) is 3.59. The van der Waals surface area contributed by atoms with Crippen molar-refractivity contribution < 1.29 is 5.21 Å². The summed E-state index contributed by atoms with van der Waals surface area (Å²) >= 11 is 0. The van der Waals surface area contributed by atoms with E-state index in [0.29, 0.717) is 11.8 Å². The molecule has 2 aliphatic carbocycles. The van der Waals surface area contributed by atoms with Crippen molar-refractivity contribution in [3.8, 4) is 0 Å². The van der Waals surface area contributed by atoms with Crippen molar-refractivity contribution >= 4 is 5.71 Å². The fourth-order valence-electron chi connectivity index (χ4n) is 2.93. The van der Waals surface area contributed by atoms with E-state index in [2.05, 4.69) is 29.4 Å². The highest BCUT2D eigenvalue weighted by molar-refractivity contribution is 5.90. The van der Waals surface area contributed by atoms with Gasteiger partial charge in [0, 0.05) is 5.92 Å². The summed E-state index contributed by atoms with van der Waals surface area (Å²) in [5.74, 6) is 1.11. The summed E-state index contributed by atoms with van der Waals surface area (Å²) in [6.07, 6.45) is 3.20. The molecule has 1 fully saturated rings. The predicted molar refractivity (Wildman–Crippen MR) is 54.8 cm³/mol. The molecule has 0 radical (unpaired) electrons. The predicted octanol–water partition coefficient (Wildman–Crippen LogP) is 2.57. The van der Waals surface area contributed by atoms with E-state index in [1.807, 2.05) is 0 Å². The van der Waals surface area contributed by atoms with Crippen LogP contribution < -0.4 is 0 Å². The molecule has 0 spiro atoms. The Hall–Kier alpha value is -1.31. The zero-order valence-corrected chi connectivity index (χ0v) is 7.98. The quantitative estimate of drug-likeness (QED) is 0.491. The van der Waals surface area contributed by atoms with Gasteiger partial charge in [0.2, 0.25) is 0 Å². The summed E-state index contributed by atoms with van der Waals surface area (Å²) in [5, 5.41) is 12.3. The van der Waals surface area contributed by atoms with Gasteiger partial charge < -0.3 is 5.21 Å². The van der Waals surface area contributed by atoms with Gasteiger partial charge in [-0.25, -0.2) is 0 Å². The van der Waals surface area contributed by atoms with Crippen molar-refractivity contribution in [2.45, 2.75) is 25.2 Å². The third kappa shape index (κ3) is 0.999. The summed E-state index contributed by atoms with van der Waals surface area (Å²) in [6.45, 7) is 0. The molecule has 1 aromatic rings. The number of hydrogen-bond acceptors (Lipinski definition) is 2. The van der Waals surface area contributed by atoms with Gasteiger partial charge in [-0.1, -0.05) is 29.4 Å². The topological polar surface area (TPSA) is 32.6 Å². The molecule has 0 amide bonds. The Morgan fingerprint density at radius 2 is 2.00 bits per heavy atom. The lowest BCUT2D eigenvalue weighted by atomic mass is 9.83. The first-order chi connectivity index (χ1) is 6.88. The van der Waals surface area contributed by atoms with Crippen LogP contribution in [0, 0.1) is 5.92 Å². The van der Waals surface area contributed by atoms with Crippen LogP contribution in [-0.2, 0) is 6.42 Å². The van der Waals surface area contributed by atoms with Crippen molar-refractivity contribution in [2.24, 2.45) is 11.1 Å². The van der Waals surface area contributed by atoms with Gasteiger partial charge in [-0.2, -0.15) is 0 Å². The zero-order valence-electron chi connectivity index (χ0n) is 7.98. The van der Waals surface area contributed by atoms with E-state index in [4.69, 9.17) is 5.21 Å². The number of oxime groups is 1. The first-order valence-corrected chi connectivity index (χ1v) is 5.17. The monoisotopic (exact) mass is 187 g/mol.